The van der Waals surface area contributed by atoms with Gasteiger partial charge in [-0.15, -0.1) is 0 Å². The zero-order chi connectivity index (χ0) is 12.8. The molecule has 0 saturated heterocycles. The lowest BCUT2D eigenvalue weighted by Gasteiger charge is -2.12. The van der Waals surface area contributed by atoms with Crippen LogP contribution in [0.25, 0.3) is 0 Å². The van der Waals surface area contributed by atoms with Gasteiger partial charge in [-0.3, -0.25) is 4.79 Å². The molecule has 0 bridgehead atoms. The fraction of sp³-hybridized carbons (Fsp3) is 0. The molecule has 0 aromatic heterocycles. The van der Waals surface area contributed by atoms with Crippen LogP contribution in [0.4, 0.5) is 17.1 Å². The molecular formula is C15H14N2O. The lowest BCUT2D eigenvalue weighted by molar-refractivity contribution is -0.111. The summed E-state index contributed by atoms with van der Waals surface area (Å²) in [6.45, 7) is 3.44. The molecule has 2 aromatic rings. The summed E-state index contributed by atoms with van der Waals surface area (Å²) in [5, 5.41) is 6.01. The molecule has 0 fully saturated rings. The van der Waals surface area contributed by atoms with E-state index >= 15 is 0 Å². The van der Waals surface area contributed by atoms with Crippen molar-refractivity contribution in [1.29, 1.82) is 0 Å². The van der Waals surface area contributed by atoms with Gasteiger partial charge in [-0.1, -0.05) is 36.9 Å². The van der Waals surface area contributed by atoms with Crippen LogP contribution in [0.15, 0.2) is 67.3 Å². The van der Waals surface area contributed by atoms with E-state index in [9.17, 15) is 4.79 Å². The van der Waals surface area contributed by atoms with Gasteiger partial charge in [-0.25, -0.2) is 0 Å². The van der Waals surface area contributed by atoms with Gasteiger partial charge in [0.2, 0.25) is 5.91 Å². The van der Waals surface area contributed by atoms with Crippen molar-refractivity contribution in [3.63, 3.8) is 0 Å². The van der Waals surface area contributed by atoms with Crippen LogP contribution in [0.5, 0.6) is 0 Å². The molecule has 0 atom stereocenters. The number of rotatable bonds is 4. The monoisotopic (exact) mass is 238 g/mol. The molecule has 3 heteroatoms. The fourth-order valence-electron chi connectivity index (χ4n) is 1.56. The van der Waals surface area contributed by atoms with Crippen molar-refractivity contribution in [2.24, 2.45) is 0 Å². The maximum Gasteiger partial charge on any atom is 0.247 e. The number of amides is 1. The van der Waals surface area contributed by atoms with E-state index in [2.05, 4.69) is 17.2 Å². The number of para-hydroxylation sites is 3. The molecule has 0 unspecified atom stereocenters. The summed E-state index contributed by atoms with van der Waals surface area (Å²) in [6.07, 6.45) is 1.25. The molecule has 2 aromatic carbocycles. The SMILES string of the molecule is C=CC(=O)Nc1ccccc1Nc1ccccc1. The molecule has 18 heavy (non-hydrogen) atoms. The van der Waals surface area contributed by atoms with E-state index < -0.39 is 0 Å². The van der Waals surface area contributed by atoms with Crippen LogP contribution in [-0.4, -0.2) is 5.91 Å². The first-order valence-corrected chi connectivity index (χ1v) is 5.64. The second-order valence-corrected chi connectivity index (χ2v) is 3.73. The molecule has 2 rings (SSSR count). The summed E-state index contributed by atoms with van der Waals surface area (Å²) in [6, 6.07) is 17.3. The summed E-state index contributed by atoms with van der Waals surface area (Å²) in [5.74, 6) is -0.225. The highest BCUT2D eigenvalue weighted by Crippen LogP contribution is 2.24. The van der Waals surface area contributed by atoms with Gasteiger partial charge in [-0.2, -0.15) is 0 Å². The zero-order valence-electron chi connectivity index (χ0n) is 9.89. The van der Waals surface area contributed by atoms with E-state index in [-0.39, 0.29) is 5.91 Å². The minimum Gasteiger partial charge on any atom is -0.354 e. The van der Waals surface area contributed by atoms with Gasteiger partial charge < -0.3 is 10.6 Å². The molecular weight excluding hydrogens is 224 g/mol. The summed E-state index contributed by atoms with van der Waals surface area (Å²) in [5.41, 5.74) is 2.54. The highest BCUT2D eigenvalue weighted by molar-refractivity contribution is 6.01. The number of benzene rings is 2. The van der Waals surface area contributed by atoms with Gasteiger partial charge >= 0.3 is 0 Å². The van der Waals surface area contributed by atoms with E-state index in [1.54, 1.807) is 0 Å². The normalized spacial score (nSPS) is 9.56. The van der Waals surface area contributed by atoms with E-state index in [0.29, 0.717) is 0 Å². The van der Waals surface area contributed by atoms with Crippen LogP contribution in [0.1, 0.15) is 0 Å². The van der Waals surface area contributed by atoms with Crippen LogP contribution in [0, 0.1) is 0 Å². The van der Waals surface area contributed by atoms with Gasteiger partial charge in [0.05, 0.1) is 11.4 Å². The lowest BCUT2D eigenvalue weighted by Crippen LogP contribution is -2.09. The van der Waals surface area contributed by atoms with Crippen LogP contribution in [0.3, 0.4) is 0 Å². The van der Waals surface area contributed by atoms with Crippen molar-refractivity contribution in [3.05, 3.63) is 67.3 Å². The Kier molecular flexibility index (Phi) is 3.76. The maximum atomic E-state index is 11.3. The Morgan fingerprint density at radius 1 is 0.944 bits per heavy atom. The van der Waals surface area contributed by atoms with Gasteiger partial charge in [0.1, 0.15) is 0 Å². The average Bonchev–Trinajstić information content (AvgIpc) is 2.42. The Labute approximate surface area is 106 Å². The Morgan fingerprint density at radius 2 is 1.56 bits per heavy atom. The van der Waals surface area contributed by atoms with Crippen molar-refractivity contribution in [2.45, 2.75) is 0 Å². The smallest absolute Gasteiger partial charge is 0.247 e. The fourth-order valence-corrected chi connectivity index (χ4v) is 1.56. The third kappa shape index (κ3) is 2.98. The number of nitrogens with one attached hydrogen (secondary N) is 2. The first kappa shape index (κ1) is 11.9. The van der Waals surface area contributed by atoms with Crippen LogP contribution in [0.2, 0.25) is 0 Å². The minimum atomic E-state index is -0.225. The predicted molar refractivity (Wildman–Crippen MR) is 75.0 cm³/mol. The molecule has 90 valence electrons. The van der Waals surface area contributed by atoms with Crippen molar-refractivity contribution in [3.8, 4) is 0 Å². The van der Waals surface area contributed by atoms with Crippen molar-refractivity contribution in [2.75, 3.05) is 10.6 Å². The molecule has 1 amide bonds. The predicted octanol–water partition coefficient (Wildman–Crippen LogP) is 3.55. The van der Waals surface area contributed by atoms with Crippen LogP contribution in [-0.2, 0) is 4.79 Å². The van der Waals surface area contributed by atoms with Crippen molar-refractivity contribution < 1.29 is 4.79 Å². The van der Waals surface area contributed by atoms with E-state index in [4.69, 9.17) is 0 Å². The molecule has 0 radical (unpaired) electrons. The molecule has 0 aliphatic carbocycles. The Balaban J connectivity index is 2.22. The van der Waals surface area contributed by atoms with Crippen molar-refractivity contribution >= 4 is 23.0 Å². The van der Waals surface area contributed by atoms with Crippen LogP contribution >= 0.6 is 0 Å². The Hall–Kier alpha value is -2.55. The third-order valence-corrected chi connectivity index (χ3v) is 2.42. The molecule has 0 aliphatic rings. The molecule has 0 spiro atoms. The summed E-state index contributed by atoms with van der Waals surface area (Å²) in [7, 11) is 0. The standard InChI is InChI=1S/C15H14N2O/c1-2-15(18)17-14-11-7-6-10-13(14)16-12-8-4-3-5-9-12/h2-11,16H,1H2,(H,17,18). The molecule has 2 N–H and O–H groups in total. The van der Waals surface area contributed by atoms with E-state index in [0.717, 1.165) is 17.1 Å². The summed E-state index contributed by atoms with van der Waals surface area (Å²) in [4.78, 5) is 11.3. The van der Waals surface area contributed by atoms with E-state index in [1.807, 2.05) is 54.6 Å². The zero-order valence-corrected chi connectivity index (χ0v) is 9.89. The first-order chi connectivity index (χ1) is 8.79. The van der Waals surface area contributed by atoms with Crippen molar-refractivity contribution in [1.82, 2.24) is 0 Å². The molecule has 0 aliphatic heterocycles. The summed E-state index contributed by atoms with van der Waals surface area (Å²) < 4.78 is 0. The van der Waals surface area contributed by atoms with E-state index in [1.165, 1.54) is 6.08 Å². The van der Waals surface area contributed by atoms with Crippen LogP contribution < -0.4 is 10.6 Å². The maximum absolute atomic E-state index is 11.3. The highest BCUT2D eigenvalue weighted by atomic mass is 16.1. The number of hydrogen-bond acceptors (Lipinski definition) is 2. The second kappa shape index (κ2) is 5.68. The summed E-state index contributed by atoms with van der Waals surface area (Å²) >= 11 is 0. The quantitative estimate of drug-likeness (QED) is 0.800. The highest BCUT2D eigenvalue weighted by Gasteiger charge is 2.03. The second-order valence-electron chi connectivity index (χ2n) is 3.73. The average molecular weight is 238 g/mol. The number of anilines is 3. The molecule has 0 heterocycles. The van der Waals surface area contributed by atoms with Gasteiger partial charge in [0.25, 0.3) is 0 Å². The van der Waals surface area contributed by atoms with Gasteiger partial charge in [0, 0.05) is 5.69 Å². The lowest BCUT2D eigenvalue weighted by atomic mass is 10.2. The van der Waals surface area contributed by atoms with Gasteiger partial charge in [0.15, 0.2) is 0 Å². The minimum absolute atomic E-state index is 0.225. The topological polar surface area (TPSA) is 41.1 Å². The third-order valence-electron chi connectivity index (χ3n) is 2.42. The van der Waals surface area contributed by atoms with Gasteiger partial charge in [-0.05, 0) is 30.3 Å². The number of carbonyl (C=O) groups is 1. The molecule has 0 saturated carbocycles. The Morgan fingerprint density at radius 3 is 2.22 bits per heavy atom. The Bertz CT molecular complexity index is 549. The number of carbonyl (C=O) groups excluding carboxylic acids is 1. The number of hydrogen-bond donors (Lipinski definition) is 2. The largest absolute Gasteiger partial charge is 0.354 e. The first-order valence-electron chi connectivity index (χ1n) is 5.64. The molecule has 3 nitrogen and oxygen atoms in total.